The Hall–Kier alpha value is -1.13. The van der Waals surface area contributed by atoms with Gasteiger partial charge in [-0.1, -0.05) is 15.9 Å². The molecule has 3 nitrogen and oxygen atoms in total. The molecule has 0 amide bonds. The summed E-state index contributed by atoms with van der Waals surface area (Å²) in [6.07, 6.45) is 1.84. The van der Waals surface area contributed by atoms with Gasteiger partial charge in [0, 0.05) is 21.8 Å². The third-order valence-electron chi connectivity index (χ3n) is 2.61. The van der Waals surface area contributed by atoms with Crippen LogP contribution < -0.4 is 5.73 Å². The van der Waals surface area contributed by atoms with Crippen LogP contribution in [-0.2, 0) is 0 Å². The number of nitrogens with zero attached hydrogens (tertiary/aromatic N) is 2. The van der Waals surface area contributed by atoms with Crippen LogP contribution in [0.25, 0.3) is 5.69 Å². The summed E-state index contributed by atoms with van der Waals surface area (Å²) in [5.41, 5.74) is 9.10. The van der Waals surface area contributed by atoms with Gasteiger partial charge in [-0.25, -0.2) is 4.68 Å². The van der Waals surface area contributed by atoms with Gasteiger partial charge < -0.3 is 5.73 Å². The van der Waals surface area contributed by atoms with E-state index in [1.54, 1.807) is 0 Å². The van der Waals surface area contributed by atoms with Gasteiger partial charge in [0.05, 0.1) is 11.9 Å². The number of aromatic nitrogens is 2. The molecule has 1 aromatic carbocycles. The van der Waals surface area contributed by atoms with Gasteiger partial charge in [0.15, 0.2) is 0 Å². The van der Waals surface area contributed by atoms with Crippen LogP contribution in [0.15, 0.2) is 34.9 Å². The fourth-order valence-electron chi connectivity index (χ4n) is 1.71. The highest BCUT2D eigenvalue weighted by Gasteiger charge is 2.10. The molecular weight excluding hydrogens is 266 g/mol. The lowest BCUT2D eigenvalue weighted by Crippen LogP contribution is -2.06. The number of halogens is 1. The maximum absolute atomic E-state index is 5.87. The first kappa shape index (κ1) is 11.4. The van der Waals surface area contributed by atoms with E-state index in [-0.39, 0.29) is 6.04 Å². The third kappa shape index (κ3) is 2.03. The lowest BCUT2D eigenvalue weighted by Gasteiger charge is -2.07. The Morgan fingerprint density at radius 1 is 1.31 bits per heavy atom. The molecule has 2 N–H and O–H groups in total. The summed E-state index contributed by atoms with van der Waals surface area (Å²) in [4.78, 5) is 0. The molecule has 2 rings (SSSR count). The Kier molecular flexibility index (Phi) is 3.12. The predicted octanol–water partition coefficient (Wildman–Crippen LogP) is 2.96. The SMILES string of the molecule is Cc1c(C(C)N)cnn1-c1ccc(Br)cc1. The standard InChI is InChI=1S/C12H14BrN3/c1-8(14)12-7-15-16(9(12)2)11-5-3-10(13)4-6-11/h3-8H,14H2,1-2H3. The summed E-state index contributed by atoms with van der Waals surface area (Å²) in [6, 6.07) is 8.07. The van der Waals surface area contributed by atoms with Crippen LogP contribution in [0.2, 0.25) is 0 Å². The highest BCUT2D eigenvalue weighted by atomic mass is 79.9. The molecule has 1 unspecified atom stereocenters. The lowest BCUT2D eigenvalue weighted by molar-refractivity contribution is 0.797. The Morgan fingerprint density at radius 3 is 2.44 bits per heavy atom. The summed E-state index contributed by atoms with van der Waals surface area (Å²) in [5, 5.41) is 4.36. The maximum Gasteiger partial charge on any atom is 0.0649 e. The predicted molar refractivity (Wildman–Crippen MR) is 68.6 cm³/mol. The fraction of sp³-hybridized carbons (Fsp3) is 0.250. The van der Waals surface area contributed by atoms with Gasteiger partial charge in [-0.3, -0.25) is 0 Å². The van der Waals surface area contributed by atoms with Crippen molar-refractivity contribution in [1.82, 2.24) is 9.78 Å². The molecule has 0 aliphatic rings. The Balaban J connectivity index is 2.45. The second-order valence-electron chi connectivity index (χ2n) is 3.86. The summed E-state index contributed by atoms with van der Waals surface area (Å²) >= 11 is 3.42. The number of benzene rings is 1. The highest BCUT2D eigenvalue weighted by molar-refractivity contribution is 9.10. The van der Waals surface area contributed by atoms with E-state index in [0.29, 0.717) is 0 Å². The van der Waals surface area contributed by atoms with E-state index < -0.39 is 0 Å². The van der Waals surface area contributed by atoms with Gasteiger partial charge in [0.1, 0.15) is 0 Å². The zero-order valence-electron chi connectivity index (χ0n) is 9.31. The van der Waals surface area contributed by atoms with Crippen LogP contribution in [0.1, 0.15) is 24.2 Å². The summed E-state index contributed by atoms with van der Waals surface area (Å²) < 4.78 is 2.97. The third-order valence-corrected chi connectivity index (χ3v) is 3.14. The first-order valence-corrected chi connectivity index (χ1v) is 5.95. The zero-order chi connectivity index (χ0) is 11.7. The van der Waals surface area contributed by atoms with Crippen molar-refractivity contribution in [3.05, 3.63) is 46.2 Å². The normalized spacial score (nSPS) is 12.8. The minimum atomic E-state index is 0.0178. The van der Waals surface area contributed by atoms with Gasteiger partial charge in [0.2, 0.25) is 0 Å². The number of hydrogen-bond donors (Lipinski definition) is 1. The Bertz CT molecular complexity index is 485. The molecule has 1 atom stereocenters. The van der Waals surface area contributed by atoms with Crippen LogP contribution in [0.4, 0.5) is 0 Å². The van der Waals surface area contributed by atoms with Gasteiger partial charge in [-0.15, -0.1) is 0 Å². The van der Waals surface area contributed by atoms with E-state index in [1.807, 2.05) is 49.0 Å². The molecule has 84 valence electrons. The molecule has 0 fully saturated rings. The van der Waals surface area contributed by atoms with Crippen molar-refractivity contribution in [3.8, 4) is 5.69 Å². The van der Waals surface area contributed by atoms with Crippen LogP contribution in [0.3, 0.4) is 0 Å². The molecule has 2 aromatic rings. The van der Waals surface area contributed by atoms with Gasteiger partial charge in [0.25, 0.3) is 0 Å². The molecule has 0 bridgehead atoms. The molecule has 0 aliphatic heterocycles. The van der Waals surface area contributed by atoms with E-state index >= 15 is 0 Å². The topological polar surface area (TPSA) is 43.8 Å². The molecule has 0 radical (unpaired) electrons. The minimum absolute atomic E-state index is 0.0178. The summed E-state index contributed by atoms with van der Waals surface area (Å²) in [5.74, 6) is 0. The van der Waals surface area contributed by atoms with Crippen molar-refractivity contribution in [2.45, 2.75) is 19.9 Å². The largest absolute Gasteiger partial charge is 0.324 e. The van der Waals surface area contributed by atoms with Gasteiger partial charge in [-0.2, -0.15) is 5.10 Å². The summed E-state index contributed by atoms with van der Waals surface area (Å²) in [6.45, 7) is 4.00. The van der Waals surface area contributed by atoms with Crippen molar-refractivity contribution >= 4 is 15.9 Å². The molecule has 0 spiro atoms. The zero-order valence-corrected chi connectivity index (χ0v) is 10.9. The highest BCUT2D eigenvalue weighted by Crippen LogP contribution is 2.19. The number of rotatable bonds is 2. The molecule has 1 heterocycles. The second-order valence-corrected chi connectivity index (χ2v) is 4.78. The van der Waals surface area contributed by atoms with Crippen molar-refractivity contribution in [1.29, 1.82) is 0 Å². The summed E-state index contributed by atoms with van der Waals surface area (Å²) in [7, 11) is 0. The smallest absolute Gasteiger partial charge is 0.0649 e. The fourth-order valence-corrected chi connectivity index (χ4v) is 1.98. The second kappa shape index (κ2) is 4.39. The molecular formula is C12H14BrN3. The molecule has 16 heavy (non-hydrogen) atoms. The van der Waals surface area contributed by atoms with E-state index in [4.69, 9.17) is 5.73 Å². The van der Waals surface area contributed by atoms with E-state index in [1.165, 1.54) is 0 Å². The van der Waals surface area contributed by atoms with Crippen LogP contribution in [-0.4, -0.2) is 9.78 Å². The quantitative estimate of drug-likeness (QED) is 0.919. The molecule has 0 aliphatic carbocycles. The average Bonchev–Trinajstić information content (AvgIpc) is 2.61. The molecule has 1 aromatic heterocycles. The van der Waals surface area contributed by atoms with E-state index in [9.17, 15) is 0 Å². The first-order chi connectivity index (χ1) is 7.59. The van der Waals surface area contributed by atoms with Crippen LogP contribution in [0, 0.1) is 6.92 Å². The Morgan fingerprint density at radius 2 is 1.94 bits per heavy atom. The number of nitrogens with two attached hydrogens (primary N) is 1. The van der Waals surface area contributed by atoms with Gasteiger partial charge >= 0.3 is 0 Å². The average molecular weight is 280 g/mol. The molecule has 0 saturated heterocycles. The minimum Gasteiger partial charge on any atom is -0.324 e. The van der Waals surface area contributed by atoms with Crippen LogP contribution >= 0.6 is 15.9 Å². The monoisotopic (exact) mass is 279 g/mol. The van der Waals surface area contributed by atoms with E-state index in [0.717, 1.165) is 21.4 Å². The number of hydrogen-bond acceptors (Lipinski definition) is 2. The first-order valence-electron chi connectivity index (χ1n) is 5.15. The van der Waals surface area contributed by atoms with Crippen molar-refractivity contribution < 1.29 is 0 Å². The van der Waals surface area contributed by atoms with Crippen molar-refractivity contribution in [3.63, 3.8) is 0 Å². The van der Waals surface area contributed by atoms with Gasteiger partial charge in [-0.05, 0) is 38.1 Å². The molecule has 4 heteroatoms. The molecule has 0 saturated carbocycles. The van der Waals surface area contributed by atoms with Crippen molar-refractivity contribution in [2.24, 2.45) is 5.73 Å². The van der Waals surface area contributed by atoms with Crippen LogP contribution in [0.5, 0.6) is 0 Å². The maximum atomic E-state index is 5.87. The lowest BCUT2D eigenvalue weighted by atomic mass is 10.1. The van der Waals surface area contributed by atoms with Crippen molar-refractivity contribution in [2.75, 3.05) is 0 Å². The Labute approximate surface area is 103 Å². The van der Waals surface area contributed by atoms with E-state index in [2.05, 4.69) is 21.0 Å².